The molecule has 1 aliphatic heterocycles. The lowest BCUT2D eigenvalue weighted by atomic mass is 9.95. The van der Waals surface area contributed by atoms with E-state index in [1.807, 2.05) is 0 Å². The molecular weight excluding hydrogens is 489 g/mol. The minimum Gasteiger partial charge on any atom is -0.383 e. The monoisotopic (exact) mass is 510 g/mol. The van der Waals surface area contributed by atoms with Crippen LogP contribution < -0.4 is 0 Å². The standard InChI is InChI=1S/C19H22BrF3N2O4S/c1-18(30(26,27)14-5-3-4-13(10-14)19(21,22)23)6-8-29-16(12-18)15-11-17(20)24-25(15)7-9-28-2/h3-5,10-11,16H,6-9,12H2,1-2H3/t16-,18+/m1/s1. The predicted octanol–water partition coefficient (Wildman–Crippen LogP) is 4.39. The highest BCUT2D eigenvalue weighted by Crippen LogP contribution is 2.43. The van der Waals surface area contributed by atoms with E-state index in [4.69, 9.17) is 9.47 Å². The van der Waals surface area contributed by atoms with Crippen molar-refractivity contribution in [1.29, 1.82) is 0 Å². The van der Waals surface area contributed by atoms with E-state index in [-0.39, 0.29) is 24.3 Å². The quantitative estimate of drug-likeness (QED) is 0.576. The van der Waals surface area contributed by atoms with Crippen molar-refractivity contribution >= 4 is 25.8 Å². The molecule has 2 atom stereocenters. The topological polar surface area (TPSA) is 70.4 Å². The number of nitrogens with zero attached hydrogens (tertiary/aromatic N) is 2. The Morgan fingerprint density at radius 2 is 2.10 bits per heavy atom. The average molecular weight is 511 g/mol. The number of hydrogen-bond donors (Lipinski definition) is 0. The lowest BCUT2D eigenvalue weighted by Gasteiger charge is -2.37. The van der Waals surface area contributed by atoms with E-state index in [0.29, 0.717) is 29.5 Å². The second kappa shape index (κ2) is 8.60. The first-order valence-electron chi connectivity index (χ1n) is 9.24. The maximum Gasteiger partial charge on any atom is 0.416 e. The maximum atomic E-state index is 13.4. The van der Waals surface area contributed by atoms with E-state index < -0.39 is 32.4 Å². The molecule has 1 saturated heterocycles. The largest absolute Gasteiger partial charge is 0.416 e. The van der Waals surface area contributed by atoms with Gasteiger partial charge in [-0.25, -0.2) is 8.42 Å². The van der Waals surface area contributed by atoms with Gasteiger partial charge in [0.2, 0.25) is 0 Å². The van der Waals surface area contributed by atoms with Gasteiger partial charge in [-0.15, -0.1) is 0 Å². The van der Waals surface area contributed by atoms with Crippen molar-refractivity contribution in [3.8, 4) is 0 Å². The molecule has 0 unspecified atom stereocenters. The van der Waals surface area contributed by atoms with Crippen molar-refractivity contribution in [3.63, 3.8) is 0 Å². The Balaban J connectivity index is 1.93. The Labute approximate surface area is 181 Å². The molecule has 0 N–H and O–H groups in total. The fraction of sp³-hybridized carbons (Fsp3) is 0.526. The first-order chi connectivity index (χ1) is 14.0. The summed E-state index contributed by atoms with van der Waals surface area (Å²) in [4.78, 5) is -0.338. The van der Waals surface area contributed by atoms with Crippen LogP contribution in [0.3, 0.4) is 0 Å². The van der Waals surface area contributed by atoms with Gasteiger partial charge in [-0.1, -0.05) is 6.07 Å². The Kier molecular flexibility index (Phi) is 6.66. The van der Waals surface area contributed by atoms with Crippen LogP contribution >= 0.6 is 15.9 Å². The van der Waals surface area contributed by atoms with Crippen LogP contribution in [0.1, 0.15) is 37.1 Å². The molecular formula is C19H22BrF3N2O4S. The van der Waals surface area contributed by atoms with E-state index in [1.165, 1.54) is 6.07 Å². The first kappa shape index (κ1) is 23.2. The zero-order valence-corrected chi connectivity index (χ0v) is 18.8. The van der Waals surface area contributed by atoms with Gasteiger partial charge < -0.3 is 9.47 Å². The van der Waals surface area contributed by atoms with E-state index in [9.17, 15) is 21.6 Å². The highest BCUT2D eigenvalue weighted by atomic mass is 79.9. The van der Waals surface area contributed by atoms with Crippen LogP contribution in [0.4, 0.5) is 13.2 Å². The van der Waals surface area contributed by atoms with E-state index in [1.54, 1.807) is 24.8 Å². The third-order valence-electron chi connectivity index (χ3n) is 5.31. The molecule has 0 amide bonds. The minimum atomic E-state index is -4.62. The van der Waals surface area contributed by atoms with Crippen molar-refractivity contribution in [3.05, 3.63) is 46.2 Å². The fourth-order valence-corrected chi connectivity index (χ4v) is 5.80. The molecule has 1 aromatic carbocycles. The summed E-state index contributed by atoms with van der Waals surface area (Å²) in [5.41, 5.74) is -0.304. The summed E-state index contributed by atoms with van der Waals surface area (Å²) in [6.45, 7) is 2.58. The van der Waals surface area contributed by atoms with Crippen molar-refractivity contribution in [2.45, 2.75) is 48.2 Å². The summed E-state index contributed by atoms with van der Waals surface area (Å²) < 4.78 is 77.9. The molecule has 30 heavy (non-hydrogen) atoms. The fourth-order valence-electron chi connectivity index (χ4n) is 3.54. The van der Waals surface area contributed by atoms with Crippen LogP contribution in [-0.2, 0) is 32.0 Å². The van der Waals surface area contributed by atoms with Crippen LogP contribution in [0.15, 0.2) is 39.8 Å². The van der Waals surface area contributed by atoms with Gasteiger partial charge in [-0.2, -0.15) is 18.3 Å². The molecule has 6 nitrogen and oxygen atoms in total. The molecule has 0 radical (unpaired) electrons. The summed E-state index contributed by atoms with van der Waals surface area (Å²) in [5, 5.41) is 4.33. The highest BCUT2D eigenvalue weighted by Gasteiger charge is 2.46. The van der Waals surface area contributed by atoms with Crippen LogP contribution in [0.25, 0.3) is 0 Å². The zero-order chi connectivity index (χ0) is 22.2. The predicted molar refractivity (Wildman–Crippen MR) is 107 cm³/mol. The van der Waals surface area contributed by atoms with Gasteiger partial charge in [-0.3, -0.25) is 4.68 Å². The number of benzene rings is 1. The number of alkyl halides is 3. The number of methoxy groups -OCH3 is 1. The van der Waals surface area contributed by atoms with Crippen LogP contribution in [0.5, 0.6) is 0 Å². The van der Waals surface area contributed by atoms with Gasteiger partial charge in [0.25, 0.3) is 0 Å². The Hall–Kier alpha value is -1.43. The molecule has 3 rings (SSSR count). The number of ether oxygens (including phenoxy) is 2. The summed E-state index contributed by atoms with van der Waals surface area (Å²) in [7, 11) is -2.49. The number of sulfone groups is 1. The summed E-state index contributed by atoms with van der Waals surface area (Å²) >= 11 is 3.32. The molecule has 2 aromatic rings. The molecule has 1 aromatic heterocycles. The van der Waals surface area contributed by atoms with Gasteiger partial charge in [0.1, 0.15) is 10.7 Å². The van der Waals surface area contributed by atoms with Gasteiger partial charge in [0.15, 0.2) is 9.84 Å². The van der Waals surface area contributed by atoms with Gasteiger partial charge in [0.05, 0.1) is 34.1 Å². The molecule has 2 heterocycles. The van der Waals surface area contributed by atoms with Crippen LogP contribution in [0.2, 0.25) is 0 Å². The second-order valence-corrected chi connectivity index (χ2v) is 10.7. The van der Waals surface area contributed by atoms with Crippen molar-refractivity contribution < 1.29 is 31.1 Å². The van der Waals surface area contributed by atoms with Crippen molar-refractivity contribution in [2.24, 2.45) is 0 Å². The molecule has 0 bridgehead atoms. The smallest absolute Gasteiger partial charge is 0.383 e. The lowest BCUT2D eigenvalue weighted by molar-refractivity contribution is -0.137. The molecule has 0 spiro atoms. The summed E-state index contributed by atoms with van der Waals surface area (Å²) in [6.07, 6.45) is -4.92. The molecule has 0 aliphatic carbocycles. The third kappa shape index (κ3) is 4.58. The van der Waals surface area contributed by atoms with Crippen LogP contribution in [0, 0.1) is 0 Å². The third-order valence-corrected chi connectivity index (χ3v) is 8.24. The summed E-state index contributed by atoms with van der Waals surface area (Å²) in [6, 6.07) is 5.64. The molecule has 1 aliphatic rings. The lowest BCUT2D eigenvalue weighted by Crippen LogP contribution is -2.42. The molecule has 0 saturated carbocycles. The number of rotatable bonds is 6. The van der Waals surface area contributed by atoms with Crippen molar-refractivity contribution in [2.75, 3.05) is 20.3 Å². The zero-order valence-electron chi connectivity index (χ0n) is 16.4. The first-order valence-corrected chi connectivity index (χ1v) is 11.5. The summed E-state index contributed by atoms with van der Waals surface area (Å²) in [5.74, 6) is 0. The number of halogens is 4. The Morgan fingerprint density at radius 1 is 1.37 bits per heavy atom. The van der Waals surface area contributed by atoms with E-state index in [0.717, 1.165) is 12.1 Å². The van der Waals surface area contributed by atoms with Gasteiger partial charge in [-0.05, 0) is 60.0 Å². The Morgan fingerprint density at radius 3 is 2.77 bits per heavy atom. The van der Waals surface area contributed by atoms with Gasteiger partial charge in [0, 0.05) is 13.7 Å². The number of aromatic nitrogens is 2. The number of hydrogen-bond acceptors (Lipinski definition) is 5. The molecule has 166 valence electrons. The normalized spacial score (nSPS) is 22.9. The van der Waals surface area contributed by atoms with Gasteiger partial charge >= 0.3 is 6.18 Å². The molecule has 11 heteroatoms. The second-order valence-electron chi connectivity index (χ2n) is 7.40. The van der Waals surface area contributed by atoms with Crippen LogP contribution in [-0.4, -0.2) is 43.3 Å². The minimum absolute atomic E-state index is 0.0939. The highest BCUT2D eigenvalue weighted by molar-refractivity contribution is 9.10. The average Bonchev–Trinajstić information content (AvgIpc) is 3.06. The van der Waals surface area contributed by atoms with E-state index in [2.05, 4.69) is 21.0 Å². The van der Waals surface area contributed by atoms with E-state index >= 15 is 0 Å². The SMILES string of the molecule is COCCn1nc(Br)cc1[C@H]1C[C@@](C)(S(=O)(=O)c2cccc(C(F)(F)F)c2)CCO1. The molecule has 1 fully saturated rings. The van der Waals surface area contributed by atoms with Crippen molar-refractivity contribution in [1.82, 2.24) is 9.78 Å². The Bertz CT molecular complexity index is 1010. The maximum absolute atomic E-state index is 13.4.